The first-order chi connectivity index (χ1) is 12.8. The van der Waals surface area contributed by atoms with Crippen molar-refractivity contribution in [3.8, 4) is 0 Å². The number of rotatable bonds is 6. The van der Waals surface area contributed by atoms with Gasteiger partial charge in [0.05, 0.1) is 5.69 Å². The summed E-state index contributed by atoms with van der Waals surface area (Å²) in [6, 6.07) is 1.68. The number of hydrogen-bond donors (Lipinski definition) is 1. The first-order valence-corrected chi connectivity index (χ1v) is 8.08. The number of nitrogens with zero attached hydrogens (tertiary/aromatic N) is 5. The first kappa shape index (κ1) is 18.8. The van der Waals surface area contributed by atoms with E-state index >= 15 is 0 Å². The molecule has 0 saturated heterocycles. The van der Waals surface area contributed by atoms with Gasteiger partial charge in [0.2, 0.25) is 0 Å². The second-order valence-electron chi connectivity index (χ2n) is 5.78. The number of halogens is 4. The lowest BCUT2D eigenvalue weighted by Crippen LogP contribution is -2.23. The Kier molecular flexibility index (Phi) is 5.10. The number of carbonyl (C=O) groups is 1. The number of nitrogens with one attached hydrogen (secondary N) is 1. The smallest absolute Gasteiger partial charge is 0.280 e. The van der Waals surface area contributed by atoms with Gasteiger partial charge in [-0.2, -0.15) is 10.2 Å². The van der Waals surface area contributed by atoms with Crippen LogP contribution in [0.3, 0.4) is 0 Å². The van der Waals surface area contributed by atoms with Crippen LogP contribution in [0.15, 0.2) is 18.3 Å². The normalized spacial score (nSPS) is 11.7. The van der Waals surface area contributed by atoms with Crippen LogP contribution in [0.1, 0.15) is 52.9 Å². The molecule has 0 aliphatic rings. The molecule has 1 N–H and O–H groups in total. The molecule has 0 spiro atoms. The van der Waals surface area contributed by atoms with E-state index in [4.69, 9.17) is 0 Å². The molecule has 3 rings (SSSR count). The maximum absolute atomic E-state index is 13.2. The molecule has 0 unspecified atom stereocenters. The summed E-state index contributed by atoms with van der Waals surface area (Å²) >= 11 is 0. The van der Waals surface area contributed by atoms with Gasteiger partial charge in [-0.3, -0.25) is 9.48 Å². The highest BCUT2D eigenvalue weighted by molar-refractivity contribution is 5.93. The molecule has 0 fully saturated rings. The molecule has 27 heavy (non-hydrogen) atoms. The second kappa shape index (κ2) is 7.33. The van der Waals surface area contributed by atoms with Gasteiger partial charge in [-0.15, -0.1) is 0 Å². The van der Waals surface area contributed by atoms with Crippen molar-refractivity contribution in [2.45, 2.75) is 39.8 Å². The maximum atomic E-state index is 13.2. The molecule has 1 amide bonds. The van der Waals surface area contributed by atoms with Crippen LogP contribution in [0.4, 0.5) is 17.6 Å². The van der Waals surface area contributed by atoms with Crippen LogP contribution in [-0.2, 0) is 13.1 Å². The molecule has 3 heterocycles. The number of fused-ring (bicyclic) bond motifs is 1. The first-order valence-electron chi connectivity index (χ1n) is 8.08. The minimum Gasteiger partial charge on any atom is -0.346 e. The van der Waals surface area contributed by atoms with E-state index in [2.05, 4.69) is 20.5 Å². The van der Waals surface area contributed by atoms with Crippen LogP contribution in [0.2, 0.25) is 0 Å². The van der Waals surface area contributed by atoms with Crippen molar-refractivity contribution in [2.75, 3.05) is 0 Å². The van der Waals surface area contributed by atoms with E-state index in [1.807, 2.05) is 6.92 Å². The Morgan fingerprint density at radius 1 is 1.19 bits per heavy atom. The van der Waals surface area contributed by atoms with Crippen LogP contribution in [0.25, 0.3) is 5.65 Å². The number of aromatic nitrogens is 5. The van der Waals surface area contributed by atoms with E-state index in [9.17, 15) is 22.4 Å². The van der Waals surface area contributed by atoms with Crippen molar-refractivity contribution in [2.24, 2.45) is 0 Å². The largest absolute Gasteiger partial charge is 0.346 e. The lowest BCUT2D eigenvalue weighted by Gasteiger charge is -2.06. The van der Waals surface area contributed by atoms with Gasteiger partial charge in [-0.1, -0.05) is 0 Å². The number of hydrogen-bond acceptors (Lipinski definition) is 4. The van der Waals surface area contributed by atoms with Crippen LogP contribution in [-0.4, -0.2) is 30.3 Å². The van der Waals surface area contributed by atoms with Crippen LogP contribution in [0, 0.1) is 6.92 Å². The Morgan fingerprint density at radius 3 is 2.52 bits per heavy atom. The molecule has 0 aromatic carbocycles. The monoisotopic (exact) mass is 384 g/mol. The zero-order valence-electron chi connectivity index (χ0n) is 14.5. The minimum atomic E-state index is -3.05. The van der Waals surface area contributed by atoms with Crippen molar-refractivity contribution < 1.29 is 22.4 Å². The molecule has 0 aliphatic carbocycles. The second-order valence-corrected chi connectivity index (χ2v) is 5.78. The fraction of sp³-hybridized carbons (Fsp3) is 0.375. The molecule has 0 saturated carbocycles. The third-order valence-electron chi connectivity index (χ3n) is 3.97. The van der Waals surface area contributed by atoms with Crippen LogP contribution >= 0.6 is 0 Å². The van der Waals surface area contributed by atoms with Gasteiger partial charge in [0.25, 0.3) is 18.8 Å². The van der Waals surface area contributed by atoms with Crippen molar-refractivity contribution in [3.05, 3.63) is 46.7 Å². The Morgan fingerprint density at radius 2 is 1.93 bits per heavy atom. The van der Waals surface area contributed by atoms with Gasteiger partial charge in [0.1, 0.15) is 11.4 Å². The zero-order chi connectivity index (χ0) is 19.7. The van der Waals surface area contributed by atoms with Crippen LogP contribution < -0.4 is 5.32 Å². The molecule has 3 aromatic rings. The quantitative estimate of drug-likeness (QED) is 0.663. The highest BCUT2D eigenvalue weighted by Crippen LogP contribution is 2.25. The minimum absolute atomic E-state index is 0.163. The van der Waals surface area contributed by atoms with E-state index in [1.165, 1.54) is 0 Å². The fourth-order valence-corrected chi connectivity index (χ4v) is 2.56. The van der Waals surface area contributed by atoms with Crippen LogP contribution in [0.5, 0.6) is 0 Å². The average Bonchev–Trinajstić information content (AvgIpc) is 3.21. The molecule has 144 valence electrons. The molecule has 0 atom stereocenters. The highest BCUT2D eigenvalue weighted by atomic mass is 19.3. The van der Waals surface area contributed by atoms with Gasteiger partial charge in [0, 0.05) is 30.9 Å². The van der Waals surface area contributed by atoms with Gasteiger partial charge in [-0.25, -0.2) is 27.1 Å². The van der Waals surface area contributed by atoms with E-state index < -0.39 is 30.1 Å². The highest BCUT2D eigenvalue weighted by Gasteiger charge is 2.22. The number of carbonyl (C=O) groups excluding carboxylic acids is 1. The maximum Gasteiger partial charge on any atom is 0.280 e. The molecule has 11 heteroatoms. The van der Waals surface area contributed by atoms with E-state index in [1.54, 1.807) is 17.8 Å². The molecule has 0 radical (unpaired) electrons. The summed E-state index contributed by atoms with van der Waals surface area (Å²) in [6.07, 6.45) is -4.28. The SMILES string of the molecule is CCn1cc(CNC(=O)c2cc3nc(C(F)F)cc(C(F)F)n3n2)c(C)n1. The van der Waals surface area contributed by atoms with Gasteiger partial charge >= 0.3 is 0 Å². The summed E-state index contributed by atoms with van der Waals surface area (Å²) in [7, 11) is 0. The molecule has 0 aliphatic heterocycles. The third kappa shape index (κ3) is 3.76. The molecule has 7 nitrogen and oxygen atoms in total. The third-order valence-corrected chi connectivity index (χ3v) is 3.97. The lowest BCUT2D eigenvalue weighted by molar-refractivity contribution is 0.0944. The van der Waals surface area contributed by atoms with Gasteiger partial charge < -0.3 is 5.32 Å². The van der Waals surface area contributed by atoms with Gasteiger partial charge in [0.15, 0.2) is 11.3 Å². The Balaban J connectivity index is 1.86. The van der Waals surface area contributed by atoms with Crippen molar-refractivity contribution in [1.82, 2.24) is 29.7 Å². The van der Waals surface area contributed by atoms with Crippen molar-refractivity contribution in [3.63, 3.8) is 0 Å². The summed E-state index contributed by atoms with van der Waals surface area (Å²) in [6.45, 7) is 4.56. The van der Waals surface area contributed by atoms with E-state index in [0.717, 1.165) is 17.3 Å². The standard InChI is InChI=1S/C16H16F4N6O/c1-3-25-7-9(8(2)23-25)6-21-16(27)11-5-13-22-10(14(17)18)4-12(15(19)20)26(13)24-11/h4-5,7,14-15H,3,6H2,1-2H3,(H,21,27). The van der Waals surface area contributed by atoms with E-state index in [-0.39, 0.29) is 17.9 Å². The topological polar surface area (TPSA) is 77.1 Å². The average molecular weight is 384 g/mol. The molecular weight excluding hydrogens is 368 g/mol. The number of amides is 1. The summed E-state index contributed by atoms with van der Waals surface area (Å²) in [4.78, 5) is 15.9. The Labute approximate surface area is 151 Å². The summed E-state index contributed by atoms with van der Waals surface area (Å²) in [5.41, 5.74) is -0.461. The zero-order valence-corrected chi connectivity index (χ0v) is 14.5. The number of alkyl halides is 4. The fourth-order valence-electron chi connectivity index (χ4n) is 2.56. The molecular formula is C16H16F4N6O. The molecule has 3 aromatic heterocycles. The predicted octanol–water partition coefficient (Wildman–Crippen LogP) is 3.06. The van der Waals surface area contributed by atoms with Crippen molar-refractivity contribution >= 4 is 11.6 Å². The lowest BCUT2D eigenvalue weighted by atomic mass is 10.2. The summed E-state index contributed by atoms with van der Waals surface area (Å²) in [5, 5.41) is 10.6. The van der Waals surface area contributed by atoms with Crippen molar-refractivity contribution in [1.29, 1.82) is 0 Å². The Bertz CT molecular complexity index is 981. The number of aryl methyl sites for hydroxylation is 2. The van der Waals surface area contributed by atoms with E-state index in [0.29, 0.717) is 17.1 Å². The van der Waals surface area contributed by atoms with Gasteiger partial charge in [-0.05, 0) is 19.9 Å². The Hall–Kier alpha value is -2.98. The molecule has 0 bridgehead atoms. The predicted molar refractivity (Wildman–Crippen MR) is 86.7 cm³/mol. The summed E-state index contributed by atoms with van der Waals surface area (Å²) < 4.78 is 54.4. The summed E-state index contributed by atoms with van der Waals surface area (Å²) in [5.74, 6) is -0.636.